The van der Waals surface area contributed by atoms with Crippen LogP contribution in [0.15, 0.2) is 41.8 Å². The molecule has 0 aliphatic rings. The van der Waals surface area contributed by atoms with Crippen LogP contribution in [0.1, 0.15) is 35.3 Å². The van der Waals surface area contributed by atoms with Gasteiger partial charge in [0, 0.05) is 18.4 Å². The minimum atomic E-state index is 0.0895. The van der Waals surface area contributed by atoms with Crippen molar-refractivity contribution in [2.75, 3.05) is 0 Å². The molecule has 0 aliphatic heterocycles. The highest BCUT2D eigenvalue weighted by Crippen LogP contribution is 2.36. The van der Waals surface area contributed by atoms with Crippen LogP contribution in [-0.4, -0.2) is 16.0 Å². The highest BCUT2D eigenvalue weighted by Gasteiger charge is 2.21. The second-order valence-corrected chi connectivity index (χ2v) is 6.18. The van der Waals surface area contributed by atoms with E-state index < -0.39 is 0 Å². The Balaban J connectivity index is 2.26. The first-order valence-electron chi connectivity index (χ1n) is 6.87. The average molecular weight is 287 g/mol. The van der Waals surface area contributed by atoms with Gasteiger partial charge in [-0.1, -0.05) is 48.5 Å². The topological polar surface area (TPSA) is 51.8 Å². The number of thioether (sulfide) groups is 1. The maximum atomic E-state index is 6.30. The SMILES string of the molecule is CCC(N)C(Sc1ncc(C)cn1)c1cccc(C)c1. The summed E-state index contributed by atoms with van der Waals surface area (Å²) >= 11 is 1.64. The van der Waals surface area contributed by atoms with E-state index in [2.05, 4.69) is 48.1 Å². The number of rotatable bonds is 5. The summed E-state index contributed by atoms with van der Waals surface area (Å²) in [6, 6.07) is 8.60. The molecule has 0 amide bonds. The molecule has 1 aromatic heterocycles. The van der Waals surface area contributed by atoms with Crippen molar-refractivity contribution in [1.82, 2.24) is 9.97 Å². The molecule has 4 heteroatoms. The maximum Gasteiger partial charge on any atom is 0.188 e. The molecule has 2 aromatic rings. The molecular weight excluding hydrogens is 266 g/mol. The quantitative estimate of drug-likeness (QED) is 0.673. The van der Waals surface area contributed by atoms with Crippen molar-refractivity contribution in [2.24, 2.45) is 5.73 Å². The molecule has 0 bridgehead atoms. The molecule has 0 radical (unpaired) electrons. The van der Waals surface area contributed by atoms with Gasteiger partial charge in [-0.15, -0.1) is 0 Å². The van der Waals surface area contributed by atoms with Crippen molar-refractivity contribution in [1.29, 1.82) is 0 Å². The Morgan fingerprint density at radius 1 is 1.15 bits per heavy atom. The Labute approximate surface area is 125 Å². The summed E-state index contributed by atoms with van der Waals surface area (Å²) in [6.07, 6.45) is 4.62. The van der Waals surface area contributed by atoms with Crippen molar-refractivity contribution in [2.45, 2.75) is 43.6 Å². The Kier molecular flexibility index (Phi) is 5.15. The van der Waals surface area contributed by atoms with Gasteiger partial charge in [-0.3, -0.25) is 0 Å². The van der Waals surface area contributed by atoms with Gasteiger partial charge in [-0.05, 0) is 31.4 Å². The number of hydrogen-bond acceptors (Lipinski definition) is 4. The van der Waals surface area contributed by atoms with E-state index in [4.69, 9.17) is 5.73 Å². The van der Waals surface area contributed by atoms with E-state index in [1.54, 1.807) is 11.8 Å². The Morgan fingerprint density at radius 3 is 2.45 bits per heavy atom. The van der Waals surface area contributed by atoms with Crippen molar-refractivity contribution in [3.05, 3.63) is 53.3 Å². The molecule has 2 atom stereocenters. The zero-order valence-corrected chi connectivity index (χ0v) is 13.0. The number of nitrogens with zero attached hydrogens (tertiary/aromatic N) is 2. The van der Waals surface area contributed by atoms with Crippen LogP contribution in [0.4, 0.5) is 0 Å². The minimum Gasteiger partial charge on any atom is -0.326 e. The van der Waals surface area contributed by atoms with Gasteiger partial charge in [0.05, 0.1) is 5.25 Å². The van der Waals surface area contributed by atoms with Crippen LogP contribution in [0.3, 0.4) is 0 Å². The van der Waals surface area contributed by atoms with Gasteiger partial charge >= 0.3 is 0 Å². The van der Waals surface area contributed by atoms with Gasteiger partial charge in [0.2, 0.25) is 0 Å². The lowest BCUT2D eigenvalue weighted by Crippen LogP contribution is -2.25. The van der Waals surface area contributed by atoms with Crippen LogP contribution in [-0.2, 0) is 0 Å². The first-order chi connectivity index (χ1) is 9.60. The lowest BCUT2D eigenvalue weighted by molar-refractivity contribution is 0.632. The van der Waals surface area contributed by atoms with Crippen LogP contribution >= 0.6 is 11.8 Å². The summed E-state index contributed by atoms with van der Waals surface area (Å²) in [4.78, 5) is 8.76. The molecule has 1 heterocycles. The second-order valence-electron chi connectivity index (χ2n) is 5.07. The van der Waals surface area contributed by atoms with Crippen molar-refractivity contribution >= 4 is 11.8 Å². The minimum absolute atomic E-state index is 0.0895. The number of benzene rings is 1. The molecule has 0 fully saturated rings. The third-order valence-corrected chi connectivity index (χ3v) is 4.52. The van der Waals surface area contributed by atoms with E-state index in [-0.39, 0.29) is 11.3 Å². The maximum absolute atomic E-state index is 6.30. The Bertz CT molecular complexity index is 554. The molecule has 0 saturated carbocycles. The number of aryl methyl sites for hydroxylation is 2. The van der Waals surface area contributed by atoms with Crippen LogP contribution < -0.4 is 5.73 Å². The highest BCUT2D eigenvalue weighted by molar-refractivity contribution is 7.99. The fourth-order valence-corrected chi connectivity index (χ4v) is 3.12. The molecule has 2 rings (SSSR count). The zero-order chi connectivity index (χ0) is 14.5. The molecule has 0 aliphatic carbocycles. The van der Waals surface area contributed by atoms with Crippen LogP contribution in [0.5, 0.6) is 0 Å². The summed E-state index contributed by atoms with van der Waals surface area (Å²) in [6.45, 7) is 6.21. The lowest BCUT2D eigenvalue weighted by atomic mass is 10.0. The van der Waals surface area contributed by atoms with Gasteiger partial charge in [0.15, 0.2) is 5.16 Å². The molecule has 20 heavy (non-hydrogen) atoms. The monoisotopic (exact) mass is 287 g/mol. The molecule has 0 saturated heterocycles. The summed E-state index contributed by atoms with van der Waals surface area (Å²) in [5.41, 5.74) is 9.87. The largest absolute Gasteiger partial charge is 0.326 e. The molecule has 1 aromatic carbocycles. The highest BCUT2D eigenvalue weighted by atomic mass is 32.2. The average Bonchev–Trinajstić information content (AvgIpc) is 2.46. The third kappa shape index (κ3) is 3.81. The normalized spacial score (nSPS) is 14.0. The van der Waals surface area contributed by atoms with E-state index >= 15 is 0 Å². The Morgan fingerprint density at radius 2 is 1.85 bits per heavy atom. The fourth-order valence-electron chi connectivity index (χ4n) is 2.02. The number of aromatic nitrogens is 2. The van der Waals surface area contributed by atoms with E-state index in [1.165, 1.54) is 11.1 Å². The van der Waals surface area contributed by atoms with Gasteiger partial charge in [-0.25, -0.2) is 9.97 Å². The van der Waals surface area contributed by atoms with E-state index in [0.717, 1.165) is 17.1 Å². The lowest BCUT2D eigenvalue weighted by Gasteiger charge is -2.22. The molecule has 3 nitrogen and oxygen atoms in total. The predicted molar refractivity (Wildman–Crippen MR) is 84.8 cm³/mol. The molecule has 2 unspecified atom stereocenters. The Hall–Kier alpha value is -1.39. The summed E-state index contributed by atoms with van der Waals surface area (Å²) in [5.74, 6) is 0. The van der Waals surface area contributed by atoms with E-state index in [9.17, 15) is 0 Å². The van der Waals surface area contributed by atoms with Crippen LogP contribution in [0, 0.1) is 13.8 Å². The summed E-state index contributed by atoms with van der Waals surface area (Å²) in [5, 5.41) is 0.966. The standard InChI is InChI=1S/C16H21N3S/c1-4-14(17)15(13-7-5-6-11(2)8-13)20-16-18-9-12(3)10-19-16/h5-10,14-15H,4,17H2,1-3H3. The molecular formula is C16H21N3S. The van der Waals surface area contributed by atoms with E-state index in [1.807, 2.05) is 19.3 Å². The first kappa shape index (κ1) is 15.0. The smallest absolute Gasteiger partial charge is 0.188 e. The predicted octanol–water partition coefficient (Wildman–Crippen LogP) is 3.66. The van der Waals surface area contributed by atoms with Gasteiger partial charge in [0.1, 0.15) is 0 Å². The van der Waals surface area contributed by atoms with Gasteiger partial charge < -0.3 is 5.73 Å². The first-order valence-corrected chi connectivity index (χ1v) is 7.75. The summed E-state index contributed by atoms with van der Waals surface area (Å²) in [7, 11) is 0. The van der Waals surface area contributed by atoms with Crippen LogP contribution in [0.2, 0.25) is 0 Å². The van der Waals surface area contributed by atoms with Crippen molar-refractivity contribution < 1.29 is 0 Å². The third-order valence-electron chi connectivity index (χ3n) is 3.22. The molecule has 0 spiro atoms. The van der Waals surface area contributed by atoms with Gasteiger partial charge in [-0.2, -0.15) is 0 Å². The molecule has 106 valence electrons. The molecule has 2 N–H and O–H groups in total. The van der Waals surface area contributed by atoms with Gasteiger partial charge in [0.25, 0.3) is 0 Å². The van der Waals surface area contributed by atoms with Crippen molar-refractivity contribution in [3.8, 4) is 0 Å². The second kappa shape index (κ2) is 6.86. The fraction of sp³-hybridized carbons (Fsp3) is 0.375. The summed E-state index contributed by atoms with van der Waals surface area (Å²) < 4.78 is 0. The number of nitrogens with two attached hydrogens (primary N) is 1. The number of hydrogen-bond donors (Lipinski definition) is 1. The van der Waals surface area contributed by atoms with Crippen LogP contribution in [0.25, 0.3) is 0 Å². The zero-order valence-electron chi connectivity index (χ0n) is 12.2. The van der Waals surface area contributed by atoms with E-state index in [0.29, 0.717) is 0 Å². The van der Waals surface area contributed by atoms with Crippen molar-refractivity contribution in [3.63, 3.8) is 0 Å².